The van der Waals surface area contributed by atoms with E-state index in [9.17, 15) is 18.8 Å². The lowest BCUT2D eigenvalue weighted by atomic mass is 10.1. The van der Waals surface area contributed by atoms with Gasteiger partial charge in [-0.1, -0.05) is 47.6 Å². The number of amides is 4. The van der Waals surface area contributed by atoms with Gasteiger partial charge in [0.25, 0.3) is 11.8 Å². The zero-order chi connectivity index (χ0) is 22.0. The van der Waals surface area contributed by atoms with Crippen molar-refractivity contribution >= 4 is 53.0 Å². The Morgan fingerprint density at radius 3 is 2.13 bits per heavy atom. The van der Waals surface area contributed by atoms with E-state index in [0.29, 0.717) is 15.5 Å². The van der Waals surface area contributed by atoms with Crippen LogP contribution in [0.4, 0.5) is 14.9 Å². The third kappa shape index (κ3) is 4.52. The summed E-state index contributed by atoms with van der Waals surface area (Å²) in [7, 11) is 0. The highest BCUT2D eigenvalue weighted by atomic mass is 35.5. The van der Waals surface area contributed by atoms with Gasteiger partial charge in [0.15, 0.2) is 0 Å². The summed E-state index contributed by atoms with van der Waals surface area (Å²) in [5.41, 5.74) is 0.0980. The van der Waals surface area contributed by atoms with Gasteiger partial charge in [-0.2, -0.15) is 0 Å². The van der Waals surface area contributed by atoms with Crippen LogP contribution in [0.15, 0.2) is 88.2 Å². The predicted molar refractivity (Wildman–Crippen MR) is 117 cm³/mol. The first-order valence-electron chi connectivity index (χ1n) is 9.12. The third-order valence-corrected chi connectivity index (χ3v) is 5.70. The highest BCUT2D eigenvalue weighted by Crippen LogP contribution is 2.29. The quantitative estimate of drug-likeness (QED) is 0.431. The summed E-state index contributed by atoms with van der Waals surface area (Å²) in [6, 6.07) is 19.0. The number of nitrogens with one attached hydrogen (secondary N) is 1. The van der Waals surface area contributed by atoms with Crippen molar-refractivity contribution in [1.82, 2.24) is 5.32 Å². The Morgan fingerprint density at radius 2 is 1.48 bits per heavy atom. The second-order valence-electron chi connectivity index (χ2n) is 6.53. The number of hydrogen-bond acceptors (Lipinski definition) is 4. The van der Waals surface area contributed by atoms with Gasteiger partial charge in [0.2, 0.25) is 0 Å². The molecule has 0 unspecified atom stereocenters. The fraction of sp³-hybridized carbons (Fsp3) is 0. The van der Waals surface area contributed by atoms with Crippen molar-refractivity contribution in [1.29, 1.82) is 0 Å². The monoisotopic (exact) mass is 452 g/mol. The first-order valence-corrected chi connectivity index (χ1v) is 10.3. The Kier molecular flexibility index (Phi) is 5.88. The van der Waals surface area contributed by atoms with Crippen molar-refractivity contribution in [2.75, 3.05) is 4.90 Å². The molecule has 0 bridgehead atoms. The molecule has 1 aliphatic heterocycles. The lowest BCUT2D eigenvalue weighted by molar-refractivity contribution is -0.122. The van der Waals surface area contributed by atoms with Crippen molar-refractivity contribution in [2.24, 2.45) is 0 Å². The van der Waals surface area contributed by atoms with Crippen molar-refractivity contribution in [2.45, 2.75) is 9.79 Å². The molecule has 4 amide bonds. The molecule has 1 aliphatic rings. The summed E-state index contributed by atoms with van der Waals surface area (Å²) >= 11 is 7.43. The highest BCUT2D eigenvalue weighted by Gasteiger charge is 2.37. The Morgan fingerprint density at radius 1 is 0.871 bits per heavy atom. The molecule has 0 aliphatic carbocycles. The molecule has 1 N–H and O–H groups in total. The molecule has 31 heavy (non-hydrogen) atoms. The summed E-state index contributed by atoms with van der Waals surface area (Å²) < 4.78 is 14.1. The van der Waals surface area contributed by atoms with Crippen LogP contribution in [0.25, 0.3) is 6.08 Å². The van der Waals surface area contributed by atoms with Crippen LogP contribution in [-0.4, -0.2) is 17.8 Å². The van der Waals surface area contributed by atoms with Crippen molar-refractivity contribution in [3.05, 3.63) is 94.8 Å². The maximum absolute atomic E-state index is 14.1. The largest absolute Gasteiger partial charge is 0.336 e. The fourth-order valence-electron chi connectivity index (χ4n) is 2.95. The molecule has 1 saturated heterocycles. The number of carbonyl (C=O) groups excluding carboxylic acids is 3. The molecule has 0 spiro atoms. The standard InChI is InChI=1S/C23H14ClFN2O3S/c24-15-7-11-17(12-8-15)31-16-9-5-14(6-10-16)13-18-21(28)26-23(30)27(22(18)29)20-4-2-1-3-19(20)25/h1-13H,(H,26,28,30)/b18-13+. The number of nitrogens with zero attached hydrogens (tertiary/aromatic N) is 1. The smallest absolute Gasteiger partial charge is 0.273 e. The minimum atomic E-state index is -0.994. The van der Waals surface area contributed by atoms with E-state index in [0.717, 1.165) is 15.9 Å². The van der Waals surface area contributed by atoms with Crippen molar-refractivity contribution in [3.8, 4) is 0 Å². The van der Waals surface area contributed by atoms with Gasteiger partial charge in [-0.25, -0.2) is 14.1 Å². The Labute approximate surface area is 186 Å². The molecular formula is C23H14ClFN2O3S. The number of hydrogen-bond donors (Lipinski definition) is 1. The zero-order valence-electron chi connectivity index (χ0n) is 15.8. The maximum atomic E-state index is 14.1. The van der Waals surface area contributed by atoms with E-state index in [2.05, 4.69) is 5.32 Å². The summed E-state index contributed by atoms with van der Waals surface area (Å²) in [6.45, 7) is 0. The van der Waals surface area contributed by atoms with Gasteiger partial charge in [0, 0.05) is 14.8 Å². The number of imide groups is 2. The van der Waals surface area contributed by atoms with E-state index in [-0.39, 0.29) is 11.3 Å². The number of anilines is 1. The van der Waals surface area contributed by atoms with E-state index in [1.807, 2.05) is 24.3 Å². The average molecular weight is 453 g/mol. The summed E-state index contributed by atoms with van der Waals surface area (Å²) in [6.07, 6.45) is 1.37. The molecule has 0 atom stereocenters. The van der Waals surface area contributed by atoms with E-state index in [1.165, 1.54) is 36.0 Å². The number of para-hydroxylation sites is 1. The molecule has 4 rings (SSSR count). The fourth-order valence-corrected chi connectivity index (χ4v) is 3.89. The summed E-state index contributed by atoms with van der Waals surface area (Å²) in [4.78, 5) is 39.8. The van der Waals surface area contributed by atoms with Crippen LogP contribution in [-0.2, 0) is 9.59 Å². The second-order valence-corrected chi connectivity index (χ2v) is 8.12. The first kappa shape index (κ1) is 20.8. The molecule has 8 heteroatoms. The minimum absolute atomic E-state index is 0.224. The SMILES string of the molecule is O=C1NC(=O)N(c2ccccc2F)C(=O)/C1=C/c1ccc(Sc2ccc(Cl)cc2)cc1. The molecule has 154 valence electrons. The summed E-state index contributed by atoms with van der Waals surface area (Å²) in [5.74, 6) is -2.47. The number of carbonyl (C=O) groups is 3. The van der Waals surface area contributed by atoms with E-state index < -0.39 is 23.7 Å². The number of rotatable bonds is 4. The van der Waals surface area contributed by atoms with E-state index in [4.69, 9.17) is 11.6 Å². The molecule has 3 aromatic carbocycles. The van der Waals surface area contributed by atoms with Gasteiger partial charge in [0.05, 0.1) is 5.69 Å². The van der Waals surface area contributed by atoms with Crippen LogP contribution in [0.1, 0.15) is 5.56 Å². The predicted octanol–water partition coefficient (Wildman–Crippen LogP) is 5.30. The van der Waals surface area contributed by atoms with Crippen LogP contribution in [0.3, 0.4) is 0 Å². The minimum Gasteiger partial charge on any atom is -0.273 e. The van der Waals surface area contributed by atoms with Gasteiger partial charge in [-0.15, -0.1) is 0 Å². The first-order chi connectivity index (χ1) is 14.9. The Balaban J connectivity index is 1.58. The van der Waals surface area contributed by atoms with Gasteiger partial charge >= 0.3 is 6.03 Å². The maximum Gasteiger partial charge on any atom is 0.336 e. The number of barbiturate groups is 1. The van der Waals surface area contributed by atoms with Crippen LogP contribution in [0, 0.1) is 5.82 Å². The lowest BCUT2D eigenvalue weighted by Gasteiger charge is -2.26. The zero-order valence-corrected chi connectivity index (χ0v) is 17.4. The van der Waals surface area contributed by atoms with Gasteiger partial charge < -0.3 is 0 Å². The van der Waals surface area contributed by atoms with Crippen LogP contribution in [0.2, 0.25) is 5.02 Å². The van der Waals surface area contributed by atoms with E-state index in [1.54, 1.807) is 24.3 Å². The molecule has 0 aromatic heterocycles. The summed E-state index contributed by atoms with van der Waals surface area (Å²) in [5, 5.41) is 2.74. The molecule has 1 fully saturated rings. The molecular weight excluding hydrogens is 439 g/mol. The normalized spacial score (nSPS) is 15.4. The van der Waals surface area contributed by atoms with Gasteiger partial charge in [-0.3, -0.25) is 14.9 Å². The Hall–Kier alpha value is -3.42. The highest BCUT2D eigenvalue weighted by molar-refractivity contribution is 7.99. The molecule has 0 radical (unpaired) electrons. The van der Waals surface area contributed by atoms with Crippen LogP contribution >= 0.6 is 23.4 Å². The van der Waals surface area contributed by atoms with Crippen molar-refractivity contribution in [3.63, 3.8) is 0 Å². The molecule has 0 saturated carbocycles. The molecule has 3 aromatic rings. The van der Waals surface area contributed by atoms with Gasteiger partial charge in [-0.05, 0) is 60.2 Å². The average Bonchev–Trinajstić information content (AvgIpc) is 2.75. The van der Waals surface area contributed by atoms with Crippen LogP contribution in [0.5, 0.6) is 0 Å². The third-order valence-electron chi connectivity index (χ3n) is 4.44. The number of halogens is 2. The Bertz CT molecular complexity index is 1210. The van der Waals surface area contributed by atoms with Crippen molar-refractivity contribution < 1.29 is 18.8 Å². The topological polar surface area (TPSA) is 66.5 Å². The lowest BCUT2D eigenvalue weighted by Crippen LogP contribution is -2.54. The number of urea groups is 1. The molecule has 1 heterocycles. The van der Waals surface area contributed by atoms with Gasteiger partial charge in [0.1, 0.15) is 11.4 Å². The number of benzene rings is 3. The molecule has 5 nitrogen and oxygen atoms in total. The second kappa shape index (κ2) is 8.75. The van der Waals surface area contributed by atoms with Crippen LogP contribution < -0.4 is 10.2 Å². The van der Waals surface area contributed by atoms with E-state index >= 15 is 0 Å².